The molecule has 2 heterocycles. The van der Waals surface area contributed by atoms with E-state index in [-0.39, 0.29) is 0 Å². The van der Waals surface area contributed by atoms with Crippen LogP contribution in [0.15, 0.2) is 18.5 Å². The van der Waals surface area contributed by atoms with Crippen molar-refractivity contribution in [2.45, 2.75) is 31.8 Å². The van der Waals surface area contributed by atoms with Crippen LogP contribution in [0.2, 0.25) is 0 Å². The van der Waals surface area contributed by atoms with Crippen molar-refractivity contribution in [1.82, 2.24) is 20.4 Å². The minimum atomic E-state index is 0.677. The highest BCUT2D eigenvalue weighted by atomic mass is 15.3. The molecule has 2 rings (SSSR count). The van der Waals surface area contributed by atoms with E-state index in [0.717, 1.165) is 26.1 Å². The Morgan fingerprint density at radius 2 is 2.53 bits per heavy atom. The third-order valence-corrected chi connectivity index (χ3v) is 2.85. The molecule has 1 fully saturated rings. The largest absolute Gasteiger partial charge is 0.315 e. The highest BCUT2D eigenvalue weighted by Gasteiger charge is 2.10. The van der Waals surface area contributed by atoms with Gasteiger partial charge in [-0.3, -0.25) is 4.68 Å². The lowest BCUT2D eigenvalue weighted by Crippen LogP contribution is -2.43. The van der Waals surface area contributed by atoms with Crippen molar-refractivity contribution < 1.29 is 0 Å². The van der Waals surface area contributed by atoms with Gasteiger partial charge in [0.15, 0.2) is 0 Å². The average Bonchev–Trinajstić information content (AvgIpc) is 2.79. The maximum absolute atomic E-state index is 4.18. The zero-order chi connectivity index (χ0) is 10.3. The molecule has 1 unspecified atom stereocenters. The predicted molar refractivity (Wildman–Crippen MR) is 60.7 cm³/mol. The fraction of sp³-hybridized carbons (Fsp3) is 0.727. The van der Waals surface area contributed by atoms with Gasteiger partial charge in [-0.15, -0.1) is 0 Å². The summed E-state index contributed by atoms with van der Waals surface area (Å²) in [6.45, 7) is 4.42. The maximum Gasteiger partial charge on any atom is 0.0489 e. The van der Waals surface area contributed by atoms with E-state index >= 15 is 0 Å². The highest BCUT2D eigenvalue weighted by Crippen LogP contribution is 2.00. The molecule has 1 aliphatic rings. The molecule has 1 saturated heterocycles. The van der Waals surface area contributed by atoms with E-state index in [9.17, 15) is 0 Å². The van der Waals surface area contributed by atoms with E-state index in [1.165, 1.54) is 19.4 Å². The normalized spacial score (nSPS) is 21.7. The molecule has 15 heavy (non-hydrogen) atoms. The summed E-state index contributed by atoms with van der Waals surface area (Å²) in [4.78, 5) is 0. The van der Waals surface area contributed by atoms with E-state index in [0.29, 0.717) is 6.04 Å². The quantitative estimate of drug-likeness (QED) is 0.697. The number of aryl methyl sites for hydroxylation is 1. The summed E-state index contributed by atoms with van der Waals surface area (Å²) in [5.74, 6) is 0. The summed E-state index contributed by atoms with van der Waals surface area (Å²) in [5, 5.41) is 11.2. The minimum absolute atomic E-state index is 0.677. The van der Waals surface area contributed by atoms with Crippen LogP contribution in [0.1, 0.15) is 19.3 Å². The molecule has 1 aliphatic heterocycles. The number of hydrogen-bond donors (Lipinski definition) is 2. The molecule has 0 radical (unpaired) electrons. The summed E-state index contributed by atoms with van der Waals surface area (Å²) in [5.41, 5.74) is 0. The van der Waals surface area contributed by atoms with Crippen molar-refractivity contribution in [2.24, 2.45) is 0 Å². The second-order valence-electron chi connectivity index (χ2n) is 4.12. The molecule has 4 heteroatoms. The van der Waals surface area contributed by atoms with Gasteiger partial charge in [0.1, 0.15) is 0 Å². The van der Waals surface area contributed by atoms with E-state index in [4.69, 9.17) is 0 Å². The molecular formula is C11H20N4. The molecule has 2 N–H and O–H groups in total. The molecule has 1 aromatic heterocycles. The van der Waals surface area contributed by atoms with Crippen LogP contribution < -0.4 is 10.6 Å². The molecule has 0 bridgehead atoms. The number of nitrogens with one attached hydrogen (secondary N) is 2. The van der Waals surface area contributed by atoms with Gasteiger partial charge in [-0.2, -0.15) is 5.10 Å². The number of nitrogens with zero attached hydrogens (tertiary/aromatic N) is 2. The van der Waals surface area contributed by atoms with Crippen molar-refractivity contribution in [3.05, 3.63) is 18.5 Å². The summed E-state index contributed by atoms with van der Waals surface area (Å²) in [7, 11) is 0. The maximum atomic E-state index is 4.18. The van der Waals surface area contributed by atoms with Crippen LogP contribution in [0.25, 0.3) is 0 Å². The van der Waals surface area contributed by atoms with Gasteiger partial charge < -0.3 is 10.6 Å². The van der Waals surface area contributed by atoms with Crippen LogP contribution in [0, 0.1) is 0 Å². The SMILES string of the molecule is c1cnn(CCCNC2CCCNC2)c1. The summed E-state index contributed by atoms with van der Waals surface area (Å²) in [6.07, 6.45) is 7.62. The fourth-order valence-corrected chi connectivity index (χ4v) is 2.01. The lowest BCUT2D eigenvalue weighted by molar-refractivity contribution is 0.382. The number of hydrogen-bond acceptors (Lipinski definition) is 3. The Kier molecular flexibility index (Phi) is 4.17. The van der Waals surface area contributed by atoms with Crippen molar-refractivity contribution >= 4 is 0 Å². The van der Waals surface area contributed by atoms with E-state index in [2.05, 4.69) is 15.7 Å². The Hall–Kier alpha value is -0.870. The van der Waals surface area contributed by atoms with E-state index < -0.39 is 0 Å². The third-order valence-electron chi connectivity index (χ3n) is 2.85. The molecule has 0 amide bonds. The van der Waals surface area contributed by atoms with Crippen molar-refractivity contribution in [3.63, 3.8) is 0 Å². The molecule has 1 atom stereocenters. The van der Waals surface area contributed by atoms with Crippen LogP contribution in [0.5, 0.6) is 0 Å². The van der Waals surface area contributed by atoms with Gasteiger partial charge in [-0.1, -0.05) is 0 Å². The molecule has 4 nitrogen and oxygen atoms in total. The lowest BCUT2D eigenvalue weighted by atomic mass is 10.1. The monoisotopic (exact) mass is 208 g/mol. The van der Waals surface area contributed by atoms with Crippen molar-refractivity contribution in [3.8, 4) is 0 Å². The average molecular weight is 208 g/mol. The first kappa shape index (κ1) is 10.6. The Morgan fingerprint density at radius 1 is 1.53 bits per heavy atom. The summed E-state index contributed by atoms with van der Waals surface area (Å²) < 4.78 is 1.99. The van der Waals surface area contributed by atoms with Gasteiger partial charge in [0, 0.05) is 31.5 Å². The van der Waals surface area contributed by atoms with Crippen LogP contribution >= 0.6 is 0 Å². The number of rotatable bonds is 5. The number of aromatic nitrogens is 2. The van der Waals surface area contributed by atoms with Crippen molar-refractivity contribution in [1.29, 1.82) is 0 Å². The minimum Gasteiger partial charge on any atom is -0.315 e. The summed E-state index contributed by atoms with van der Waals surface area (Å²) >= 11 is 0. The zero-order valence-corrected chi connectivity index (χ0v) is 9.15. The molecule has 0 spiro atoms. The lowest BCUT2D eigenvalue weighted by Gasteiger charge is -2.23. The van der Waals surface area contributed by atoms with Crippen LogP contribution in [0.4, 0.5) is 0 Å². The Bertz CT molecular complexity index is 252. The molecule has 0 aromatic carbocycles. The predicted octanol–water partition coefficient (Wildman–Crippen LogP) is 0.615. The van der Waals surface area contributed by atoms with Crippen LogP contribution in [0.3, 0.4) is 0 Å². The smallest absolute Gasteiger partial charge is 0.0489 e. The number of piperidine rings is 1. The van der Waals surface area contributed by atoms with Crippen molar-refractivity contribution in [2.75, 3.05) is 19.6 Å². The molecule has 1 aromatic rings. The molecular weight excluding hydrogens is 188 g/mol. The van der Waals surface area contributed by atoms with Gasteiger partial charge in [0.05, 0.1) is 0 Å². The fourth-order valence-electron chi connectivity index (χ4n) is 2.01. The van der Waals surface area contributed by atoms with Gasteiger partial charge in [-0.05, 0) is 38.4 Å². The van der Waals surface area contributed by atoms with E-state index in [1.807, 2.05) is 23.1 Å². The standard InChI is InChI=1S/C11H20N4/c1-4-11(10-12-5-1)13-6-2-8-15-9-3-7-14-15/h3,7,9,11-13H,1-2,4-6,8,10H2. The third kappa shape index (κ3) is 3.64. The Balaban J connectivity index is 1.54. The second kappa shape index (κ2) is 5.88. The first-order valence-corrected chi connectivity index (χ1v) is 5.87. The first-order chi connectivity index (χ1) is 7.45. The van der Waals surface area contributed by atoms with E-state index in [1.54, 1.807) is 0 Å². The molecule has 0 saturated carbocycles. The first-order valence-electron chi connectivity index (χ1n) is 5.87. The summed E-state index contributed by atoms with van der Waals surface area (Å²) in [6, 6.07) is 2.65. The van der Waals surface area contributed by atoms with Gasteiger partial charge in [0.2, 0.25) is 0 Å². The van der Waals surface area contributed by atoms with Gasteiger partial charge in [-0.25, -0.2) is 0 Å². The topological polar surface area (TPSA) is 41.9 Å². The highest BCUT2D eigenvalue weighted by molar-refractivity contribution is 4.78. The van der Waals surface area contributed by atoms with Crippen LogP contribution in [-0.4, -0.2) is 35.5 Å². The van der Waals surface area contributed by atoms with Crippen LogP contribution in [-0.2, 0) is 6.54 Å². The molecule has 0 aliphatic carbocycles. The Labute approximate surface area is 91.1 Å². The van der Waals surface area contributed by atoms with Gasteiger partial charge >= 0.3 is 0 Å². The second-order valence-corrected chi connectivity index (χ2v) is 4.12. The van der Waals surface area contributed by atoms with Gasteiger partial charge in [0.25, 0.3) is 0 Å². The Morgan fingerprint density at radius 3 is 3.27 bits per heavy atom. The molecule has 84 valence electrons. The zero-order valence-electron chi connectivity index (χ0n) is 9.15.